The van der Waals surface area contributed by atoms with E-state index in [1.807, 2.05) is 36.4 Å². The minimum atomic E-state index is -0.428. The van der Waals surface area contributed by atoms with Crippen LogP contribution in [0.15, 0.2) is 72.8 Å². The second-order valence-corrected chi connectivity index (χ2v) is 6.97. The second-order valence-electron chi connectivity index (χ2n) is 6.97. The number of hydrogen-bond donors (Lipinski definition) is 1. The van der Waals surface area contributed by atoms with Gasteiger partial charge < -0.3 is 10.5 Å². The van der Waals surface area contributed by atoms with Crippen molar-refractivity contribution in [2.45, 2.75) is 12.6 Å². The number of morpholine rings is 1. The highest BCUT2D eigenvalue weighted by Crippen LogP contribution is 2.25. The molecule has 3 aromatic rings. The van der Waals surface area contributed by atoms with Crippen molar-refractivity contribution < 1.29 is 9.53 Å². The molecular weight excluding hydrogens is 350 g/mol. The Balaban J connectivity index is 1.49. The van der Waals surface area contributed by atoms with Crippen LogP contribution in [-0.2, 0) is 11.3 Å². The Kier molecular flexibility index (Phi) is 5.46. The van der Waals surface area contributed by atoms with Crippen LogP contribution in [0.2, 0.25) is 0 Å². The number of nitrogens with zero attached hydrogens (tertiary/aromatic N) is 2. The fraction of sp³-hybridized carbons (Fsp3) is 0.217. The van der Waals surface area contributed by atoms with E-state index in [1.165, 1.54) is 5.56 Å². The molecule has 1 fully saturated rings. The van der Waals surface area contributed by atoms with Crippen molar-refractivity contribution in [3.63, 3.8) is 0 Å². The van der Waals surface area contributed by atoms with Crippen molar-refractivity contribution in [3.8, 4) is 11.3 Å². The molecule has 2 aromatic carbocycles. The Morgan fingerprint density at radius 1 is 1.04 bits per heavy atom. The molecule has 142 valence electrons. The number of carbonyl (C=O) groups excluding carboxylic acids is 1. The van der Waals surface area contributed by atoms with Crippen LogP contribution in [0.3, 0.4) is 0 Å². The van der Waals surface area contributed by atoms with Gasteiger partial charge in [-0.15, -0.1) is 0 Å². The Labute approximate surface area is 164 Å². The summed E-state index contributed by atoms with van der Waals surface area (Å²) in [5.41, 5.74) is 9.85. The van der Waals surface area contributed by atoms with E-state index in [-0.39, 0.29) is 6.10 Å². The van der Waals surface area contributed by atoms with Gasteiger partial charge in [0, 0.05) is 30.8 Å². The molecule has 0 unspecified atom stereocenters. The summed E-state index contributed by atoms with van der Waals surface area (Å²) in [6.07, 6.45) is -0.0534. The summed E-state index contributed by atoms with van der Waals surface area (Å²) in [7, 11) is 0. The van der Waals surface area contributed by atoms with E-state index in [4.69, 9.17) is 15.5 Å². The quantitative estimate of drug-likeness (QED) is 0.744. The molecule has 4 rings (SSSR count). The topological polar surface area (TPSA) is 68.5 Å². The van der Waals surface area contributed by atoms with Crippen LogP contribution in [-0.4, -0.2) is 35.5 Å². The third-order valence-corrected chi connectivity index (χ3v) is 4.97. The Hall–Kier alpha value is -3.02. The molecule has 0 bridgehead atoms. The largest absolute Gasteiger partial charge is 0.369 e. The van der Waals surface area contributed by atoms with E-state index in [0.29, 0.717) is 12.2 Å². The first-order valence-electron chi connectivity index (χ1n) is 9.44. The Bertz CT molecular complexity index is 942. The molecule has 1 aliphatic heterocycles. The smallest absolute Gasteiger partial charge is 0.248 e. The number of aromatic nitrogens is 1. The molecule has 0 saturated carbocycles. The molecule has 0 aliphatic carbocycles. The lowest BCUT2D eigenvalue weighted by molar-refractivity contribution is -0.0349. The number of rotatable bonds is 5. The monoisotopic (exact) mass is 373 g/mol. The van der Waals surface area contributed by atoms with Gasteiger partial charge in [0.25, 0.3) is 0 Å². The fourth-order valence-corrected chi connectivity index (χ4v) is 3.46. The summed E-state index contributed by atoms with van der Waals surface area (Å²) >= 11 is 0. The molecule has 28 heavy (non-hydrogen) atoms. The SMILES string of the molecule is NC(=O)c1ccc(-c2cccc([C@@H]3CN(Cc4ccccc4)CCO3)n2)cc1. The summed E-state index contributed by atoms with van der Waals surface area (Å²) in [4.78, 5) is 18.5. The van der Waals surface area contributed by atoms with E-state index < -0.39 is 5.91 Å². The summed E-state index contributed by atoms with van der Waals surface area (Å²) in [6, 6.07) is 23.7. The maximum absolute atomic E-state index is 11.3. The molecule has 5 nitrogen and oxygen atoms in total. The minimum Gasteiger partial charge on any atom is -0.369 e. The van der Waals surface area contributed by atoms with Crippen LogP contribution in [0.1, 0.15) is 27.7 Å². The lowest BCUT2D eigenvalue weighted by Gasteiger charge is -2.32. The molecule has 1 aliphatic rings. The van der Waals surface area contributed by atoms with Gasteiger partial charge in [-0.1, -0.05) is 48.5 Å². The summed E-state index contributed by atoms with van der Waals surface area (Å²) in [5.74, 6) is -0.428. The number of carbonyl (C=O) groups is 1. The molecule has 2 N–H and O–H groups in total. The van der Waals surface area contributed by atoms with E-state index >= 15 is 0 Å². The molecule has 5 heteroatoms. The van der Waals surface area contributed by atoms with E-state index in [9.17, 15) is 4.79 Å². The first-order chi connectivity index (χ1) is 13.7. The summed E-state index contributed by atoms with van der Waals surface area (Å²) < 4.78 is 6.01. The van der Waals surface area contributed by atoms with Gasteiger partial charge in [-0.25, -0.2) is 0 Å². The summed E-state index contributed by atoms with van der Waals surface area (Å²) in [6.45, 7) is 3.33. The lowest BCUT2D eigenvalue weighted by atomic mass is 10.1. The predicted octanol–water partition coefficient (Wildman–Crippen LogP) is 3.42. The highest BCUT2D eigenvalue weighted by atomic mass is 16.5. The zero-order valence-corrected chi connectivity index (χ0v) is 15.6. The highest BCUT2D eigenvalue weighted by molar-refractivity contribution is 5.93. The minimum absolute atomic E-state index is 0.0534. The molecule has 0 radical (unpaired) electrons. The Morgan fingerprint density at radius 2 is 1.82 bits per heavy atom. The number of pyridine rings is 1. The molecular formula is C23H23N3O2. The number of benzene rings is 2. The van der Waals surface area contributed by atoms with Gasteiger partial charge in [0.2, 0.25) is 5.91 Å². The fourth-order valence-electron chi connectivity index (χ4n) is 3.46. The van der Waals surface area contributed by atoms with Gasteiger partial charge in [0.15, 0.2) is 0 Å². The number of hydrogen-bond acceptors (Lipinski definition) is 4. The third-order valence-electron chi connectivity index (χ3n) is 4.97. The van der Waals surface area contributed by atoms with Crippen LogP contribution in [0.4, 0.5) is 0 Å². The maximum Gasteiger partial charge on any atom is 0.248 e. The predicted molar refractivity (Wildman–Crippen MR) is 109 cm³/mol. The lowest BCUT2D eigenvalue weighted by Crippen LogP contribution is -2.38. The van der Waals surface area contributed by atoms with Crippen LogP contribution < -0.4 is 5.73 Å². The average molecular weight is 373 g/mol. The average Bonchev–Trinajstić information content (AvgIpc) is 2.75. The van der Waals surface area contributed by atoms with E-state index in [1.54, 1.807) is 12.1 Å². The molecule has 1 atom stereocenters. The van der Waals surface area contributed by atoms with Crippen molar-refractivity contribution in [2.75, 3.05) is 19.7 Å². The van der Waals surface area contributed by atoms with Crippen molar-refractivity contribution in [2.24, 2.45) is 5.73 Å². The van der Waals surface area contributed by atoms with Crippen molar-refractivity contribution in [1.29, 1.82) is 0 Å². The normalized spacial score (nSPS) is 17.4. The van der Waals surface area contributed by atoms with Crippen molar-refractivity contribution in [1.82, 2.24) is 9.88 Å². The molecule has 0 spiro atoms. The van der Waals surface area contributed by atoms with Gasteiger partial charge in [-0.05, 0) is 29.8 Å². The van der Waals surface area contributed by atoms with Crippen LogP contribution in [0.5, 0.6) is 0 Å². The second kappa shape index (κ2) is 8.33. The standard InChI is InChI=1S/C23H23N3O2/c24-23(27)19-11-9-18(10-12-19)20-7-4-8-21(25-20)22-16-26(13-14-28-22)15-17-5-2-1-3-6-17/h1-12,22H,13-16H2,(H2,24,27)/t22-/m0/s1. The van der Waals surface area contributed by atoms with E-state index in [0.717, 1.165) is 36.6 Å². The number of nitrogens with two attached hydrogens (primary N) is 1. The highest BCUT2D eigenvalue weighted by Gasteiger charge is 2.23. The number of amides is 1. The van der Waals surface area contributed by atoms with Crippen LogP contribution in [0.25, 0.3) is 11.3 Å². The van der Waals surface area contributed by atoms with Gasteiger partial charge in [0.1, 0.15) is 6.10 Å². The zero-order valence-electron chi connectivity index (χ0n) is 15.6. The number of primary amides is 1. The van der Waals surface area contributed by atoms with Gasteiger partial charge in [0.05, 0.1) is 18.0 Å². The van der Waals surface area contributed by atoms with Crippen molar-refractivity contribution in [3.05, 3.63) is 89.6 Å². The van der Waals surface area contributed by atoms with Crippen LogP contribution in [0, 0.1) is 0 Å². The molecule has 2 heterocycles. The molecule has 1 aromatic heterocycles. The van der Waals surface area contributed by atoms with Gasteiger partial charge in [-0.3, -0.25) is 14.7 Å². The zero-order chi connectivity index (χ0) is 19.3. The number of ether oxygens (including phenoxy) is 1. The van der Waals surface area contributed by atoms with Crippen LogP contribution >= 0.6 is 0 Å². The first kappa shape index (κ1) is 18.3. The summed E-state index contributed by atoms with van der Waals surface area (Å²) in [5, 5.41) is 0. The molecule has 1 saturated heterocycles. The van der Waals surface area contributed by atoms with Gasteiger partial charge >= 0.3 is 0 Å². The Morgan fingerprint density at radius 3 is 2.57 bits per heavy atom. The van der Waals surface area contributed by atoms with Gasteiger partial charge in [-0.2, -0.15) is 0 Å². The first-order valence-corrected chi connectivity index (χ1v) is 9.44. The third kappa shape index (κ3) is 4.27. The van der Waals surface area contributed by atoms with E-state index in [2.05, 4.69) is 29.2 Å². The molecule has 1 amide bonds. The van der Waals surface area contributed by atoms with Crippen molar-refractivity contribution >= 4 is 5.91 Å². The maximum atomic E-state index is 11.3.